The van der Waals surface area contributed by atoms with Gasteiger partial charge in [0.15, 0.2) is 5.78 Å². The van der Waals surface area contributed by atoms with Gasteiger partial charge in [-0.05, 0) is 18.1 Å². The fraction of sp³-hybridized carbons (Fsp3) is 0.417. The predicted molar refractivity (Wildman–Crippen MR) is 55.4 cm³/mol. The molecule has 0 aliphatic heterocycles. The Kier molecular flexibility index (Phi) is 2.37. The van der Waals surface area contributed by atoms with E-state index in [0.717, 1.165) is 11.1 Å². The molecule has 1 aliphatic rings. The van der Waals surface area contributed by atoms with E-state index in [-0.39, 0.29) is 12.2 Å². The maximum absolute atomic E-state index is 11.3. The van der Waals surface area contributed by atoms with Crippen LogP contribution in [0.2, 0.25) is 0 Å². The van der Waals surface area contributed by atoms with E-state index in [1.807, 2.05) is 24.3 Å². The SMILES string of the molecule is CC(=O)[C@]1(O)Cc2ccccc2[C@@H](O)C1. The van der Waals surface area contributed by atoms with Crippen molar-refractivity contribution >= 4 is 5.78 Å². The van der Waals surface area contributed by atoms with Crippen LogP contribution in [0.1, 0.15) is 30.6 Å². The summed E-state index contributed by atoms with van der Waals surface area (Å²) in [5, 5.41) is 19.9. The third kappa shape index (κ3) is 1.68. The molecule has 0 spiro atoms. The van der Waals surface area contributed by atoms with Gasteiger partial charge in [0.25, 0.3) is 0 Å². The summed E-state index contributed by atoms with van der Waals surface area (Å²) < 4.78 is 0. The Balaban J connectivity index is 2.42. The second-order valence-corrected chi connectivity index (χ2v) is 4.18. The van der Waals surface area contributed by atoms with Gasteiger partial charge in [-0.15, -0.1) is 0 Å². The van der Waals surface area contributed by atoms with Gasteiger partial charge in [-0.1, -0.05) is 24.3 Å². The zero-order valence-corrected chi connectivity index (χ0v) is 8.60. The van der Waals surface area contributed by atoms with E-state index in [0.29, 0.717) is 6.42 Å². The first-order valence-electron chi connectivity index (χ1n) is 5.02. The lowest BCUT2D eigenvalue weighted by Gasteiger charge is -2.34. The van der Waals surface area contributed by atoms with Gasteiger partial charge in [-0.2, -0.15) is 0 Å². The molecule has 2 rings (SSSR count). The lowest BCUT2D eigenvalue weighted by molar-refractivity contribution is -0.139. The first-order valence-corrected chi connectivity index (χ1v) is 5.02. The predicted octanol–water partition coefficient (Wildman–Crippen LogP) is 0.986. The Hall–Kier alpha value is -1.19. The Morgan fingerprint density at radius 1 is 1.47 bits per heavy atom. The number of rotatable bonds is 1. The van der Waals surface area contributed by atoms with Crippen molar-refractivity contribution in [2.24, 2.45) is 0 Å². The molecule has 0 saturated carbocycles. The fourth-order valence-electron chi connectivity index (χ4n) is 2.11. The van der Waals surface area contributed by atoms with Crippen molar-refractivity contribution in [3.05, 3.63) is 35.4 Å². The topological polar surface area (TPSA) is 57.5 Å². The summed E-state index contributed by atoms with van der Waals surface area (Å²) in [5.74, 6) is -0.281. The van der Waals surface area contributed by atoms with Crippen LogP contribution in [0.4, 0.5) is 0 Å². The van der Waals surface area contributed by atoms with Crippen LogP contribution < -0.4 is 0 Å². The number of carbonyl (C=O) groups excluding carboxylic acids is 1. The zero-order chi connectivity index (χ0) is 11.1. The molecule has 0 heterocycles. The van der Waals surface area contributed by atoms with E-state index < -0.39 is 11.7 Å². The molecule has 80 valence electrons. The molecule has 0 radical (unpaired) electrons. The number of hydrogen-bond donors (Lipinski definition) is 2. The first-order chi connectivity index (χ1) is 7.03. The van der Waals surface area contributed by atoms with Gasteiger partial charge in [-0.3, -0.25) is 4.79 Å². The summed E-state index contributed by atoms with van der Waals surface area (Å²) in [5.41, 5.74) is 0.283. The summed E-state index contributed by atoms with van der Waals surface area (Å²) in [6.07, 6.45) is -0.349. The summed E-state index contributed by atoms with van der Waals surface area (Å²) in [6.45, 7) is 1.36. The van der Waals surface area contributed by atoms with Gasteiger partial charge in [0, 0.05) is 12.8 Å². The van der Waals surface area contributed by atoms with E-state index in [1.54, 1.807) is 0 Å². The largest absolute Gasteiger partial charge is 0.388 e. The monoisotopic (exact) mass is 206 g/mol. The van der Waals surface area contributed by atoms with Crippen molar-refractivity contribution in [2.75, 3.05) is 0 Å². The number of Topliss-reactive ketones (excluding diaryl/α,β-unsaturated/α-hetero) is 1. The van der Waals surface area contributed by atoms with Crippen molar-refractivity contribution in [3.63, 3.8) is 0 Å². The number of aliphatic hydroxyl groups is 2. The molecule has 15 heavy (non-hydrogen) atoms. The van der Waals surface area contributed by atoms with Crippen LogP contribution in [-0.4, -0.2) is 21.6 Å². The molecular weight excluding hydrogens is 192 g/mol. The summed E-state index contributed by atoms with van der Waals surface area (Å²) in [4.78, 5) is 11.3. The van der Waals surface area contributed by atoms with E-state index in [2.05, 4.69) is 0 Å². The van der Waals surface area contributed by atoms with Gasteiger partial charge >= 0.3 is 0 Å². The van der Waals surface area contributed by atoms with Crippen molar-refractivity contribution < 1.29 is 15.0 Å². The van der Waals surface area contributed by atoms with Crippen molar-refractivity contribution in [2.45, 2.75) is 31.5 Å². The first kappa shape index (κ1) is 10.3. The van der Waals surface area contributed by atoms with Crippen LogP contribution in [0, 0.1) is 0 Å². The minimum absolute atomic E-state index is 0.0966. The molecule has 0 bridgehead atoms. The Labute approximate surface area is 88.4 Å². The second kappa shape index (κ2) is 3.43. The quantitative estimate of drug-likeness (QED) is 0.720. The van der Waals surface area contributed by atoms with Crippen LogP contribution >= 0.6 is 0 Å². The normalized spacial score (nSPS) is 29.7. The number of benzene rings is 1. The standard InChI is InChI=1S/C12H14O3/c1-8(13)12(15)6-9-4-2-3-5-10(9)11(14)7-12/h2-5,11,14-15H,6-7H2,1H3/t11-,12-/m0/s1. The lowest BCUT2D eigenvalue weighted by Crippen LogP contribution is -2.43. The molecule has 0 unspecified atom stereocenters. The molecule has 3 nitrogen and oxygen atoms in total. The summed E-state index contributed by atoms with van der Waals surface area (Å²) >= 11 is 0. The van der Waals surface area contributed by atoms with Gasteiger partial charge in [-0.25, -0.2) is 0 Å². The third-order valence-electron chi connectivity index (χ3n) is 3.08. The molecule has 3 heteroatoms. The average molecular weight is 206 g/mol. The maximum atomic E-state index is 11.3. The second-order valence-electron chi connectivity index (χ2n) is 4.18. The fourth-order valence-corrected chi connectivity index (χ4v) is 2.11. The molecule has 1 aromatic carbocycles. The minimum atomic E-state index is -1.40. The van der Waals surface area contributed by atoms with Gasteiger partial charge in [0.2, 0.25) is 0 Å². The number of ketones is 1. The lowest BCUT2D eigenvalue weighted by atomic mass is 9.77. The Bertz CT molecular complexity index is 400. The highest BCUT2D eigenvalue weighted by atomic mass is 16.3. The van der Waals surface area contributed by atoms with E-state index in [1.165, 1.54) is 6.92 Å². The number of aliphatic hydroxyl groups excluding tert-OH is 1. The highest BCUT2D eigenvalue weighted by molar-refractivity contribution is 5.85. The Morgan fingerprint density at radius 3 is 2.80 bits per heavy atom. The van der Waals surface area contributed by atoms with Crippen molar-refractivity contribution in [3.8, 4) is 0 Å². The van der Waals surface area contributed by atoms with E-state index >= 15 is 0 Å². The van der Waals surface area contributed by atoms with Gasteiger partial charge in [0.1, 0.15) is 5.60 Å². The summed E-state index contributed by atoms with van der Waals surface area (Å²) in [7, 11) is 0. The Morgan fingerprint density at radius 2 is 2.13 bits per heavy atom. The maximum Gasteiger partial charge on any atom is 0.161 e. The van der Waals surface area contributed by atoms with Crippen LogP contribution in [0.3, 0.4) is 0 Å². The average Bonchev–Trinajstić information content (AvgIpc) is 2.17. The van der Waals surface area contributed by atoms with E-state index in [9.17, 15) is 15.0 Å². The molecule has 1 aromatic rings. The summed E-state index contributed by atoms with van der Waals surface area (Å²) in [6, 6.07) is 7.36. The highest BCUT2D eigenvalue weighted by Gasteiger charge is 2.40. The number of carbonyl (C=O) groups is 1. The minimum Gasteiger partial charge on any atom is -0.388 e. The number of hydrogen-bond acceptors (Lipinski definition) is 3. The van der Waals surface area contributed by atoms with Crippen LogP contribution in [0.15, 0.2) is 24.3 Å². The molecule has 0 fully saturated rings. The van der Waals surface area contributed by atoms with Crippen molar-refractivity contribution in [1.82, 2.24) is 0 Å². The third-order valence-corrected chi connectivity index (χ3v) is 3.08. The molecule has 1 aliphatic carbocycles. The van der Waals surface area contributed by atoms with Gasteiger partial charge in [0.05, 0.1) is 6.10 Å². The molecule has 2 N–H and O–H groups in total. The number of fused-ring (bicyclic) bond motifs is 1. The molecule has 0 aromatic heterocycles. The smallest absolute Gasteiger partial charge is 0.161 e. The van der Waals surface area contributed by atoms with Crippen molar-refractivity contribution in [1.29, 1.82) is 0 Å². The van der Waals surface area contributed by atoms with E-state index in [4.69, 9.17) is 0 Å². The molecule has 0 amide bonds. The van der Waals surface area contributed by atoms with Crippen LogP contribution in [-0.2, 0) is 11.2 Å². The highest BCUT2D eigenvalue weighted by Crippen LogP contribution is 2.35. The van der Waals surface area contributed by atoms with Crippen LogP contribution in [0.25, 0.3) is 0 Å². The zero-order valence-electron chi connectivity index (χ0n) is 8.60. The van der Waals surface area contributed by atoms with Gasteiger partial charge < -0.3 is 10.2 Å². The molecule has 0 saturated heterocycles. The molecular formula is C12H14O3. The molecule has 2 atom stereocenters. The van der Waals surface area contributed by atoms with Crippen LogP contribution in [0.5, 0.6) is 0 Å².